The molecule has 2 rings (SSSR count). The fourth-order valence-electron chi connectivity index (χ4n) is 1.78. The molecule has 1 unspecified atom stereocenters. The molecule has 0 aliphatic carbocycles. The van der Waals surface area contributed by atoms with E-state index in [1.165, 1.54) is 6.20 Å². The first-order valence-electron chi connectivity index (χ1n) is 4.63. The Morgan fingerprint density at radius 1 is 1.71 bits per heavy atom. The Balaban J connectivity index is 2.13. The molecule has 0 radical (unpaired) electrons. The largest absolute Gasteiger partial charge is 0.478 e. The van der Waals surface area contributed by atoms with E-state index in [9.17, 15) is 4.79 Å². The zero-order chi connectivity index (χ0) is 10.1. The standard InChI is InChI=1S/C9H13N3O2/c1-11-3-2-8(6-11)12-5-7(4-10-12)9(13)14/h4-5,8H,2-3,6H2,1H3,(H,13,14). The highest BCUT2D eigenvalue weighted by molar-refractivity contribution is 5.86. The van der Waals surface area contributed by atoms with E-state index in [1.54, 1.807) is 10.9 Å². The van der Waals surface area contributed by atoms with Crippen molar-refractivity contribution < 1.29 is 9.90 Å². The molecule has 5 nitrogen and oxygen atoms in total. The molecule has 5 heteroatoms. The first-order chi connectivity index (χ1) is 6.66. The van der Waals surface area contributed by atoms with Crippen LogP contribution in [-0.4, -0.2) is 45.9 Å². The molecule has 1 atom stereocenters. The second-order valence-corrected chi connectivity index (χ2v) is 3.72. The highest BCUT2D eigenvalue weighted by Gasteiger charge is 2.22. The molecule has 0 aromatic carbocycles. The van der Waals surface area contributed by atoms with Crippen LogP contribution in [0, 0.1) is 0 Å². The zero-order valence-corrected chi connectivity index (χ0v) is 8.05. The maximum atomic E-state index is 10.6. The summed E-state index contributed by atoms with van der Waals surface area (Å²) in [6.45, 7) is 1.99. The van der Waals surface area contributed by atoms with Gasteiger partial charge in [0.1, 0.15) is 0 Å². The number of nitrogens with zero attached hydrogens (tertiary/aromatic N) is 3. The van der Waals surface area contributed by atoms with Gasteiger partial charge in [0.2, 0.25) is 0 Å². The van der Waals surface area contributed by atoms with E-state index in [0.717, 1.165) is 19.5 Å². The first-order valence-corrected chi connectivity index (χ1v) is 4.63. The summed E-state index contributed by atoms with van der Waals surface area (Å²) in [4.78, 5) is 12.8. The third-order valence-corrected chi connectivity index (χ3v) is 2.59. The topological polar surface area (TPSA) is 58.4 Å². The average molecular weight is 195 g/mol. The highest BCUT2D eigenvalue weighted by Crippen LogP contribution is 2.19. The van der Waals surface area contributed by atoms with Crippen LogP contribution in [0.1, 0.15) is 22.8 Å². The van der Waals surface area contributed by atoms with Gasteiger partial charge in [-0.3, -0.25) is 4.68 Å². The quantitative estimate of drug-likeness (QED) is 0.744. The number of carboxylic acids is 1. The van der Waals surface area contributed by atoms with Gasteiger partial charge >= 0.3 is 5.97 Å². The summed E-state index contributed by atoms with van der Waals surface area (Å²) in [5.74, 6) is -0.914. The lowest BCUT2D eigenvalue weighted by molar-refractivity contribution is 0.0696. The summed E-state index contributed by atoms with van der Waals surface area (Å²) in [5.41, 5.74) is 0.263. The predicted octanol–water partition coefficient (Wildman–Crippen LogP) is 0.458. The molecule has 1 aromatic rings. The zero-order valence-electron chi connectivity index (χ0n) is 8.05. The maximum Gasteiger partial charge on any atom is 0.338 e. The van der Waals surface area contributed by atoms with E-state index >= 15 is 0 Å². The van der Waals surface area contributed by atoms with E-state index < -0.39 is 5.97 Å². The molecule has 1 N–H and O–H groups in total. The fraction of sp³-hybridized carbons (Fsp3) is 0.556. The number of rotatable bonds is 2. The molecule has 0 amide bonds. The van der Waals surface area contributed by atoms with Gasteiger partial charge in [0.15, 0.2) is 0 Å². The second kappa shape index (κ2) is 3.42. The lowest BCUT2D eigenvalue weighted by Gasteiger charge is -2.10. The Kier molecular flexibility index (Phi) is 2.25. The van der Waals surface area contributed by atoms with Crippen LogP contribution in [0.2, 0.25) is 0 Å². The Labute approximate surface area is 81.9 Å². The van der Waals surface area contributed by atoms with Gasteiger partial charge in [0.25, 0.3) is 0 Å². The lowest BCUT2D eigenvalue weighted by atomic mass is 10.3. The van der Waals surface area contributed by atoms with Crippen LogP contribution >= 0.6 is 0 Å². The monoisotopic (exact) mass is 195 g/mol. The van der Waals surface area contributed by atoms with Crippen molar-refractivity contribution in [3.63, 3.8) is 0 Å². The Bertz CT molecular complexity index is 348. The molecule has 0 saturated carbocycles. The van der Waals surface area contributed by atoms with Crippen molar-refractivity contribution in [1.29, 1.82) is 0 Å². The first kappa shape index (κ1) is 9.21. The van der Waals surface area contributed by atoms with Crippen molar-refractivity contribution in [1.82, 2.24) is 14.7 Å². The fourth-order valence-corrected chi connectivity index (χ4v) is 1.78. The molecule has 76 valence electrons. The van der Waals surface area contributed by atoms with Gasteiger partial charge in [-0.05, 0) is 20.0 Å². The minimum atomic E-state index is -0.914. The molecule has 2 heterocycles. The summed E-state index contributed by atoms with van der Waals surface area (Å²) in [6, 6.07) is 0.327. The van der Waals surface area contributed by atoms with Gasteiger partial charge in [0.05, 0.1) is 17.8 Å². The van der Waals surface area contributed by atoms with Gasteiger partial charge < -0.3 is 10.0 Å². The minimum absolute atomic E-state index is 0.263. The Hall–Kier alpha value is -1.36. The van der Waals surface area contributed by atoms with Crippen molar-refractivity contribution in [3.05, 3.63) is 18.0 Å². The number of carbonyl (C=O) groups is 1. The SMILES string of the molecule is CN1CCC(n2cc(C(=O)O)cn2)C1. The van der Waals surface area contributed by atoms with Crippen LogP contribution in [0.4, 0.5) is 0 Å². The van der Waals surface area contributed by atoms with E-state index in [1.807, 2.05) is 0 Å². The number of aromatic carboxylic acids is 1. The maximum absolute atomic E-state index is 10.6. The number of hydrogen-bond donors (Lipinski definition) is 1. The molecule has 1 saturated heterocycles. The third-order valence-electron chi connectivity index (χ3n) is 2.59. The predicted molar refractivity (Wildman–Crippen MR) is 50.3 cm³/mol. The van der Waals surface area contributed by atoms with Crippen LogP contribution in [0.5, 0.6) is 0 Å². The summed E-state index contributed by atoms with van der Waals surface area (Å²) in [5, 5.41) is 12.8. The minimum Gasteiger partial charge on any atom is -0.478 e. The Morgan fingerprint density at radius 3 is 3.00 bits per heavy atom. The average Bonchev–Trinajstić information content (AvgIpc) is 2.70. The Morgan fingerprint density at radius 2 is 2.50 bits per heavy atom. The van der Waals surface area contributed by atoms with E-state index in [0.29, 0.717) is 6.04 Å². The van der Waals surface area contributed by atoms with Crippen molar-refractivity contribution in [3.8, 4) is 0 Å². The van der Waals surface area contributed by atoms with Crippen LogP contribution in [0.25, 0.3) is 0 Å². The van der Waals surface area contributed by atoms with E-state index in [2.05, 4.69) is 17.0 Å². The molecule has 0 spiro atoms. The van der Waals surface area contributed by atoms with Crippen molar-refractivity contribution in [2.24, 2.45) is 0 Å². The number of likely N-dealkylation sites (N-methyl/N-ethyl adjacent to an activating group) is 1. The van der Waals surface area contributed by atoms with Gasteiger partial charge in [0, 0.05) is 12.7 Å². The van der Waals surface area contributed by atoms with Crippen LogP contribution in [-0.2, 0) is 0 Å². The summed E-state index contributed by atoms with van der Waals surface area (Å²) >= 11 is 0. The molecule has 1 fully saturated rings. The molecule has 0 bridgehead atoms. The van der Waals surface area contributed by atoms with Crippen LogP contribution in [0.15, 0.2) is 12.4 Å². The molecule has 14 heavy (non-hydrogen) atoms. The molecular formula is C9H13N3O2. The third kappa shape index (κ3) is 1.63. The summed E-state index contributed by atoms with van der Waals surface area (Å²) in [6.07, 6.45) is 4.05. The van der Waals surface area contributed by atoms with Crippen LogP contribution < -0.4 is 0 Å². The summed E-state index contributed by atoms with van der Waals surface area (Å²) < 4.78 is 1.76. The van der Waals surface area contributed by atoms with E-state index in [-0.39, 0.29) is 5.56 Å². The van der Waals surface area contributed by atoms with Gasteiger partial charge in [-0.1, -0.05) is 0 Å². The normalized spacial score (nSPS) is 22.8. The van der Waals surface area contributed by atoms with Crippen molar-refractivity contribution in [2.45, 2.75) is 12.5 Å². The molecule has 1 aliphatic heterocycles. The smallest absolute Gasteiger partial charge is 0.338 e. The molecule has 1 aliphatic rings. The summed E-state index contributed by atoms with van der Waals surface area (Å²) in [7, 11) is 2.06. The molecule has 1 aromatic heterocycles. The number of likely N-dealkylation sites (tertiary alicyclic amines) is 1. The van der Waals surface area contributed by atoms with Gasteiger partial charge in [-0.15, -0.1) is 0 Å². The van der Waals surface area contributed by atoms with Gasteiger partial charge in [-0.25, -0.2) is 4.79 Å². The van der Waals surface area contributed by atoms with Crippen LogP contribution in [0.3, 0.4) is 0 Å². The number of aromatic nitrogens is 2. The number of hydrogen-bond acceptors (Lipinski definition) is 3. The molecular weight excluding hydrogens is 182 g/mol. The van der Waals surface area contributed by atoms with Crippen molar-refractivity contribution >= 4 is 5.97 Å². The number of carboxylic acid groups (broad SMARTS) is 1. The van der Waals surface area contributed by atoms with Crippen molar-refractivity contribution in [2.75, 3.05) is 20.1 Å². The van der Waals surface area contributed by atoms with Gasteiger partial charge in [-0.2, -0.15) is 5.10 Å². The second-order valence-electron chi connectivity index (χ2n) is 3.72. The lowest BCUT2D eigenvalue weighted by Crippen LogP contribution is -2.16. The van der Waals surface area contributed by atoms with E-state index in [4.69, 9.17) is 5.11 Å². The highest BCUT2D eigenvalue weighted by atomic mass is 16.4.